The molecule has 0 aliphatic carbocycles. The summed E-state index contributed by atoms with van der Waals surface area (Å²) in [7, 11) is 0. The molecule has 0 saturated heterocycles. The van der Waals surface area contributed by atoms with Gasteiger partial charge in [0.15, 0.2) is 5.82 Å². The molecule has 28 heavy (non-hydrogen) atoms. The fraction of sp³-hybridized carbons (Fsp3) is 0.368. The van der Waals surface area contributed by atoms with Crippen molar-refractivity contribution in [2.75, 3.05) is 19.6 Å². The Labute approximate surface area is 167 Å². The predicted octanol–water partition coefficient (Wildman–Crippen LogP) is 2.14. The highest BCUT2D eigenvalue weighted by Crippen LogP contribution is 2.22. The van der Waals surface area contributed by atoms with E-state index in [4.69, 9.17) is 0 Å². The summed E-state index contributed by atoms with van der Waals surface area (Å²) in [5.74, 6) is 0.274. The van der Waals surface area contributed by atoms with Crippen LogP contribution < -0.4 is 10.9 Å². The summed E-state index contributed by atoms with van der Waals surface area (Å²) < 4.78 is 1.53. The summed E-state index contributed by atoms with van der Waals surface area (Å²) in [5.41, 5.74) is 2.06. The molecule has 3 rings (SSSR count). The van der Waals surface area contributed by atoms with Gasteiger partial charge in [-0.3, -0.25) is 14.5 Å². The minimum atomic E-state index is -0.289. The van der Waals surface area contributed by atoms with Crippen LogP contribution in [0.25, 0.3) is 5.82 Å². The van der Waals surface area contributed by atoms with Crippen LogP contribution in [0.2, 0.25) is 0 Å². The van der Waals surface area contributed by atoms with Gasteiger partial charge >= 0.3 is 0 Å². The second kappa shape index (κ2) is 8.94. The maximum Gasteiger partial charge on any atom is 0.264 e. The Kier molecular flexibility index (Phi) is 6.37. The molecule has 1 unspecified atom stereocenters. The van der Waals surface area contributed by atoms with Gasteiger partial charge in [0.2, 0.25) is 0 Å². The van der Waals surface area contributed by atoms with Crippen molar-refractivity contribution in [1.82, 2.24) is 30.2 Å². The zero-order chi connectivity index (χ0) is 20.1. The number of carbonyl (C=O) groups excluding carboxylic acids is 1. The first-order valence-corrected chi connectivity index (χ1v) is 10.1. The lowest BCUT2D eigenvalue weighted by Crippen LogP contribution is -2.38. The van der Waals surface area contributed by atoms with Crippen molar-refractivity contribution in [3.8, 4) is 5.82 Å². The molecule has 0 saturated carbocycles. The van der Waals surface area contributed by atoms with Gasteiger partial charge in [0.25, 0.3) is 11.5 Å². The number of thiophene rings is 1. The molecule has 0 spiro atoms. The van der Waals surface area contributed by atoms with E-state index < -0.39 is 0 Å². The number of nitrogens with zero attached hydrogens (tertiary/aromatic N) is 4. The minimum absolute atomic E-state index is 0.126. The van der Waals surface area contributed by atoms with Crippen LogP contribution in [0, 0.1) is 6.92 Å². The molecule has 2 N–H and O–H groups in total. The Morgan fingerprint density at radius 1 is 1.32 bits per heavy atom. The van der Waals surface area contributed by atoms with Gasteiger partial charge in [0.1, 0.15) is 0 Å². The molecule has 1 atom stereocenters. The van der Waals surface area contributed by atoms with Gasteiger partial charge in [0, 0.05) is 12.6 Å². The SMILES string of the molecule is CCN(CC)C(CNC(=O)c1cnn(-c2ccc(=O)[nH]n2)c1C)c1ccsc1. The number of hydrogen-bond acceptors (Lipinski definition) is 6. The number of amides is 1. The molecule has 9 heteroatoms. The number of H-pyrrole nitrogens is 1. The number of likely N-dealkylation sites (N-methyl/N-ethyl adjacent to an activating group) is 1. The molecule has 0 fully saturated rings. The third-order valence-electron chi connectivity index (χ3n) is 4.77. The van der Waals surface area contributed by atoms with Gasteiger partial charge in [-0.1, -0.05) is 13.8 Å². The van der Waals surface area contributed by atoms with Crippen LogP contribution in [0.3, 0.4) is 0 Å². The third-order valence-corrected chi connectivity index (χ3v) is 5.47. The molecular weight excluding hydrogens is 376 g/mol. The Bertz CT molecular complexity index is 954. The molecule has 3 aromatic rings. The molecule has 3 aromatic heterocycles. The van der Waals surface area contributed by atoms with Crippen molar-refractivity contribution in [3.63, 3.8) is 0 Å². The summed E-state index contributed by atoms with van der Waals surface area (Å²) in [4.78, 5) is 26.3. The highest BCUT2D eigenvalue weighted by atomic mass is 32.1. The van der Waals surface area contributed by atoms with E-state index >= 15 is 0 Å². The summed E-state index contributed by atoms with van der Waals surface area (Å²) in [6.45, 7) is 8.36. The molecule has 8 nitrogen and oxygen atoms in total. The summed E-state index contributed by atoms with van der Waals surface area (Å²) in [6.07, 6.45) is 1.52. The molecule has 0 aliphatic rings. The molecule has 3 heterocycles. The van der Waals surface area contributed by atoms with Crippen molar-refractivity contribution in [1.29, 1.82) is 0 Å². The maximum atomic E-state index is 12.8. The van der Waals surface area contributed by atoms with Gasteiger partial charge in [-0.15, -0.1) is 0 Å². The summed E-state index contributed by atoms with van der Waals surface area (Å²) in [5, 5.41) is 17.8. The van der Waals surface area contributed by atoms with E-state index in [1.54, 1.807) is 24.3 Å². The molecule has 1 amide bonds. The lowest BCUT2D eigenvalue weighted by Gasteiger charge is -2.29. The van der Waals surface area contributed by atoms with Crippen molar-refractivity contribution in [2.24, 2.45) is 0 Å². The van der Waals surface area contributed by atoms with E-state index in [0.717, 1.165) is 13.1 Å². The maximum absolute atomic E-state index is 12.8. The van der Waals surface area contributed by atoms with Crippen molar-refractivity contribution < 1.29 is 4.79 Å². The molecule has 148 valence electrons. The summed E-state index contributed by atoms with van der Waals surface area (Å²) in [6, 6.07) is 5.17. The molecule has 0 bridgehead atoms. The van der Waals surface area contributed by atoms with Gasteiger partial charge < -0.3 is 5.32 Å². The Morgan fingerprint density at radius 3 is 2.71 bits per heavy atom. The quantitative estimate of drug-likeness (QED) is 0.604. The lowest BCUT2D eigenvalue weighted by molar-refractivity contribution is 0.0934. The van der Waals surface area contributed by atoms with E-state index in [2.05, 4.69) is 56.2 Å². The largest absolute Gasteiger partial charge is 0.350 e. The fourth-order valence-corrected chi connectivity index (χ4v) is 3.90. The smallest absolute Gasteiger partial charge is 0.264 e. The Morgan fingerprint density at radius 2 is 2.11 bits per heavy atom. The predicted molar refractivity (Wildman–Crippen MR) is 109 cm³/mol. The van der Waals surface area contributed by atoms with Crippen LogP contribution in [0.5, 0.6) is 0 Å². The van der Waals surface area contributed by atoms with E-state index in [-0.39, 0.29) is 17.5 Å². The average molecular weight is 401 g/mol. The van der Waals surface area contributed by atoms with Gasteiger partial charge in [0.05, 0.1) is 23.5 Å². The van der Waals surface area contributed by atoms with Gasteiger partial charge in [-0.2, -0.15) is 21.5 Å². The van der Waals surface area contributed by atoms with Crippen molar-refractivity contribution >= 4 is 17.2 Å². The first kappa shape index (κ1) is 20.0. The van der Waals surface area contributed by atoms with Crippen LogP contribution >= 0.6 is 11.3 Å². The third kappa shape index (κ3) is 4.20. The highest BCUT2D eigenvalue weighted by Gasteiger charge is 2.21. The first-order valence-electron chi connectivity index (χ1n) is 9.20. The van der Waals surface area contributed by atoms with Crippen molar-refractivity contribution in [3.05, 3.63) is 62.3 Å². The number of hydrogen-bond donors (Lipinski definition) is 2. The van der Waals surface area contributed by atoms with E-state index in [0.29, 0.717) is 23.6 Å². The van der Waals surface area contributed by atoms with E-state index in [9.17, 15) is 9.59 Å². The summed E-state index contributed by atoms with van der Waals surface area (Å²) >= 11 is 1.66. The second-order valence-corrected chi connectivity index (χ2v) is 7.12. The second-order valence-electron chi connectivity index (χ2n) is 6.34. The fourth-order valence-electron chi connectivity index (χ4n) is 3.19. The van der Waals surface area contributed by atoms with Crippen LogP contribution in [-0.2, 0) is 0 Å². The monoisotopic (exact) mass is 400 g/mol. The normalized spacial score (nSPS) is 12.3. The van der Waals surface area contributed by atoms with Crippen LogP contribution in [0.1, 0.15) is 41.5 Å². The topological polar surface area (TPSA) is 95.9 Å². The number of aromatic nitrogens is 4. The average Bonchev–Trinajstić information content (AvgIpc) is 3.36. The standard InChI is InChI=1S/C19H24N6O2S/c1-4-24(5-2)16(14-8-9-28-12-14)11-20-19(27)15-10-21-25(13(15)3)17-6-7-18(26)23-22-17/h6-10,12,16H,4-5,11H2,1-3H3,(H,20,27)(H,23,26). The number of nitrogens with one attached hydrogen (secondary N) is 2. The van der Waals surface area contributed by atoms with E-state index in [1.807, 2.05) is 0 Å². The van der Waals surface area contributed by atoms with Crippen LogP contribution in [0.4, 0.5) is 0 Å². The van der Waals surface area contributed by atoms with Crippen LogP contribution in [0.15, 0.2) is 40.0 Å². The Balaban J connectivity index is 1.75. The molecule has 0 aromatic carbocycles. The zero-order valence-electron chi connectivity index (χ0n) is 16.2. The highest BCUT2D eigenvalue weighted by molar-refractivity contribution is 7.07. The van der Waals surface area contributed by atoms with Crippen molar-refractivity contribution in [2.45, 2.75) is 26.8 Å². The molecule has 0 aliphatic heterocycles. The number of rotatable bonds is 8. The lowest BCUT2D eigenvalue weighted by atomic mass is 10.1. The van der Waals surface area contributed by atoms with Crippen LogP contribution in [-0.4, -0.2) is 50.4 Å². The number of carbonyl (C=O) groups is 1. The molecular formula is C19H24N6O2S. The minimum Gasteiger partial charge on any atom is -0.350 e. The van der Waals surface area contributed by atoms with Gasteiger partial charge in [-0.05, 0) is 48.5 Å². The number of aromatic amines is 1. The zero-order valence-corrected chi connectivity index (χ0v) is 17.0. The molecule has 0 radical (unpaired) electrons. The Hall–Kier alpha value is -2.78. The first-order chi connectivity index (χ1) is 13.5. The van der Waals surface area contributed by atoms with E-state index in [1.165, 1.54) is 22.5 Å². The van der Waals surface area contributed by atoms with Gasteiger partial charge in [-0.25, -0.2) is 9.78 Å².